The fourth-order valence-electron chi connectivity index (χ4n) is 2.31. The van der Waals surface area contributed by atoms with E-state index in [0.717, 1.165) is 16.9 Å². The Labute approximate surface area is 145 Å². The minimum atomic E-state index is -0.445. The topological polar surface area (TPSA) is 60.9 Å². The van der Waals surface area contributed by atoms with Gasteiger partial charge >= 0.3 is 0 Å². The largest absolute Gasteiger partial charge is 0.368 e. The van der Waals surface area contributed by atoms with Crippen LogP contribution in [0.15, 0.2) is 71.9 Å². The lowest BCUT2D eigenvalue weighted by atomic mass is 10.1. The number of benzene rings is 2. The molecule has 2 N–H and O–H groups in total. The van der Waals surface area contributed by atoms with Crippen molar-refractivity contribution in [1.82, 2.24) is 9.78 Å². The number of aromatic nitrogens is 2. The maximum atomic E-state index is 11.2. The first-order valence-electron chi connectivity index (χ1n) is 7.74. The second-order valence-corrected chi connectivity index (χ2v) is 6.63. The van der Waals surface area contributed by atoms with E-state index in [1.54, 1.807) is 17.8 Å². The van der Waals surface area contributed by atoms with Crippen molar-refractivity contribution < 1.29 is 4.79 Å². The molecule has 0 saturated heterocycles. The SMILES string of the molecule is C[C@@H](C(N)=O)n1cc(-c2ccc(SCc3ccccc3)cc2)cn1. The molecule has 0 spiro atoms. The van der Waals surface area contributed by atoms with Crippen LogP contribution in [0.2, 0.25) is 0 Å². The van der Waals surface area contributed by atoms with Crippen LogP contribution in [0, 0.1) is 0 Å². The number of primary amides is 1. The molecule has 0 bridgehead atoms. The quantitative estimate of drug-likeness (QED) is 0.694. The van der Waals surface area contributed by atoms with E-state index >= 15 is 0 Å². The molecule has 122 valence electrons. The molecular formula is C19H19N3OS. The smallest absolute Gasteiger partial charge is 0.241 e. The molecular weight excluding hydrogens is 318 g/mol. The van der Waals surface area contributed by atoms with Gasteiger partial charge in [-0.15, -0.1) is 11.8 Å². The van der Waals surface area contributed by atoms with Crippen LogP contribution >= 0.6 is 11.8 Å². The number of rotatable bonds is 6. The third kappa shape index (κ3) is 3.86. The molecule has 4 nitrogen and oxygen atoms in total. The molecule has 1 amide bonds. The summed E-state index contributed by atoms with van der Waals surface area (Å²) in [4.78, 5) is 12.5. The van der Waals surface area contributed by atoms with Gasteiger partial charge in [0, 0.05) is 22.4 Å². The van der Waals surface area contributed by atoms with Crippen molar-refractivity contribution in [3.05, 3.63) is 72.6 Å². The lowest BCUT2D eigenvalue weighted by molar-refractivity contribution is -0.120. The maximum absolute atomic E-state index is 11.2. The molecule has 24 heavy (non-hydrogen) atoms. The standard InChI is InChI=1S/C19H19N3OS/c1-14(19(20)23)22-12-17(11-21-22)16-7-9-18(10-8-16)24-13-15-5-3-2-4-6-15/h2-12,14H,13H2,1H3,(H2,20,23)/t14-/m0/s1. The summed E-state index contributed by atoms with van der Waals surface area (Å²) < 4.78 is 1.59. The average molecular weight is 337 g/mol. The molecule has 1 atom stereocenters. The number of nitrogens with two attached hydrogens (primary N) is 1. The fourth-order valence-corrected chi connectivity index (χ4v) is 3.17. The molecule has 3 rings (SSSR count). The summed E-state index contributed by atoms with van der Waals surface area (Å²) in [6.07, 6.45) is 3.60. The van der Waals surface area contributed by atoms with Crippen molar-refractivity contribution in [3.8, 4) is 11.1 Å². The number of thioether (sulfide) groups is 1. The number of carbonyl (C=O) groups is 1. The van der Waals surface area contributed by atoms with E-state index in [9.17, 15) is 4.79 Å². The summed E-state index contributed by atoms with van der Waals surface area (Å²) in [5, 5.41) is 4.22. The van der Waals surface area contributed by atoms with Crippen molar-refractivity contribution in [2.45, 2.75) is 23.6 Å². The van der Waals surface area contributed by atoms with E-state index in [0.29, 0.717) is 0 Å². The molecule has 0 aliphatic carbocycles. The van der Waals surface area contributed by atoms with E-state index in [2.05, 4.69) is 53.6 Å². The molecule has 5 heteroatoms. The summed E-state index contributed by atoms with van der Waals surface area (Å²) in [5.74, 6) is 0.561. The van der Waals surface area contributed by atoms with Crippen LogP contribution in [0.4, 0.5) is 0 Å². The molecule has 0 radical (unpaired) electrons. The van der Waals surface area contributed by atoms with Gasteiger partial charge in [0.1, 0.15) is 6.04 Å². The molecule has 0 aliphatic heterocycles. The molecule has 3 aromatic rings. The van der Waals surface area contributed by atoms with Crippen LogP contribution in [0.1, 0.15) is 18.5 Å². The number of nitrogens with zero attached hydrogens (tertiary/aromatic N) is 2. The van der Waals surface area contributed by atoms with Crippen molar-refractivity contribution in [3.63, 3.8) is 0 Å². The van der Waals surface area contributed by atoms with Crippen molar-refractivity contribution in [1.29, 1.82) is 0 Å². The van der Waals surface area contributed by atoms with Crippen molar-refractivity contribution in [2.75, 3.05) is 0 Å². The number of hydrogen-bond donors (Lipinski definition) is 1. The van der Waals surface area contributed by atoms with Gasteiger partial charge in [-0.3, -0.25) is 9.48 Å². The van der Waals surface area contributed by atoms with Crippen LogP contribution in [0.3, 0.4) is 0 Å². The van der Waals surface area contributed by atoms with Gasteiger partial charge in [-0.25, -0.2) is 0 Å². The molecule has 0 fully saturated rings. The third-order valence-electron chi connectivity index (χ3n) is 3.85. The number of hydrogen-bond acceptors (Lipinski definition) is 3. The van der Waals surface area contributed by atoms with Gasteiger partial charge in [0.25, 0.3) is 0 Å². The first kappa shape index (κ1) is 16.3. The van der Waals surface area contributed by atoms with E-state index in [1.807, 2.05) is 24.0 Å². The van der Waals surface area contributed by atoms with Crippen molar-refractivity contribution >= 4 is 17.7 Å². The van der Waals surface area contributed by atoms with Crippen molar-refractivity contribution in [2.24, 2.45) is 5.73 Å². The maximum Gasteiger partial charge on any atom is 0.241 e. The predicted octanol–water partition coefficient (Wildman–Crippen LogP) is 3.89. The second kappa shape index (κ2) is 7.36. The lowest BCUT2D eigenvalue weighted by Crippen LogP contribution is -2.24. The summed E-state index contributed by atoms with van der Waals surface area (Å²) in [5.41, 5.74) is 8.67. The molecule has 1 heterocycles. The lowest BCUT2D eigenvalue weighted by Gasteiger charge is -2.06. The Kier molecular flexibility index (Phi) is 5.01. The van der Waals surface area contributed by atoms with Crippen LogP contribution in [-0.4, -0.2) is 15.7 Å². The van der Waals surface area contributed by atoms with Gasteiger partial charge in [-0.2, -0.15) is 5.10 Å². The molecule has 2 aromatic carbocycles. The summed E-state index contributed by atoms with van der Waals surface area (Å²) in [7, 11) is 0. The Morgan fingerprint density at radius 2 is 1.83 bits per heavy atom. The highest BCUT2D eigenvalue weighted by atomic mass is 32.2. The van der Waals surface area contributed by atoms with Crippen LogP contribution in [0.5, 0.6) is 0 Å². The second-order valence-electron chi connectivity index (χ2n) is 5.59. The van der Waals surface area contributed by atoms with Gasteiger partial charge < -0.3 is 5.73 Å². The highest BCUT2D eigenvalue weighted by Crippen LogP contribution is 2.26. The van der Waals surface area contributed by atoms with Gasteiger partial charge in [-0.05, 0) is 30.2 Å². The average Bonchev–Trinajstić information content (AvgIpc) is 3.10. The van der Waals surface area contributed by atoms with Gasteiger partial charge in [-0.1, -0.05) is 42.5 Å². The summed E-state index contributed by atoms with van der Waals surface area (Å²) in [6.45, 7) is 1.74. The normalized spacial score (nSPS) is 12.0. The zero-order valence-electron chi connectivity index (χ0n) is 13.4. The number of carbonyl (C=O) groups excluding carboxylic acids is 1. The first-order valence-corrected chi connectivity index (χ1v) is 8.72. The van der Waals surface area contributed by atoms with Crippen LogP contribution < -0.4 is 5.73 Å². The molecule has 0 saturated carbocycles. The minimum Gasteiger partial charge on any atom is -0.368 e. The van der Waals surface area contributed by atoms with E-state index in [4.69, 9.17) is 5.73 Å². The summed E-state index contributed by atoms with van der Waals surface area (Å²) in [6, 6.07) is 18.3. The fraction of sp³-hybridized carbons (Fsp3) is 0.158. The van der Waals surface area contributed by atoms with E-state index in [-0.39, 0.29) is 0 Å². The Bertz CT molecular complexity index is 812. The highest BCUT2D eigenvalue weighted by molar-refractivity contribution is 7.98. The van der Waals surface area contributed by atoms with Crippen LogP contribution in [0.25, 0.3) is 11.1 Å². The Balaban J connectivity index is 1.67. The molecule has 1 aromatic heterocycles. The molecule has 0 unspecified atom stereocenters. The van der Waals surface area contributed by atoms with Gasteiger partial charge in [0.2, 0.25) is 5.91 Å². The van der Waals surface area contributed by atoms with E-state index in [1.165, 1.54) is 10.5 Å². The summed E-state index contributed by atoms with van der Waals surface area (Å²) >= 11 is 1.81. The minimum absolute atomic E-state index is 0.391. The van der Waals surface area contributed by atoms with E-state index < -0.39 is 11.9 Å². The number of amides is 1. The zero-order chi connectivity index (χ0) is 16.9. The first-order chi connectivity index (χ1) is 11.6. The van der Waals surface area contributed by atoms with Gasteiger partial charge in [0.05, 0.1) is 6.20 Å². The Morgan fingerprint density at radius 3 is 2.50 bits per heavy atom. The van der Waals surface area contributed by atoms with Gasteiger partial charge in [0.15, 0.2) is 0 Å². The zero-order valence-corrected chi connectivity index (χ0v) is 14.2. The van der Waals surface area contributed by atoms with Crippen LogP contribution in [-0.2, 0) is 10.5 Å². The Hall–Kier alpha value is -2.53. The highest BCUT2D eigenvalue weighted by Gasteiger charge is 2.12. The Morgan fingerprint density at radius 1 is 1.12 bits per heavy atom. The molecule has 0 aliphatic rings. The predicted molar refractivity (Wildman–Crippen MR) is 97.6 cm³/mol. The monoisotopic (exact) mass is 337 g/mol. The third-order valence-corrected chi connectivity index (χ3v) is 4.93.